The summed E-state index contributed by atoms with van der Waals surface area (Å²) in [6, 6.07) is 3.29. The number of carbonyl (C=O) groups is 1. The molecule has 0 radical (unpaired) electrons. The molecule has 1 aliphatic heterocycles. The molecule has 0 amide bonds. The van der Waals surface area contributed by atoms with E-state index in [0.717, 1.165) is 25.0 Å². The number of carbonyl (C=O) groups excluding carboxylic acids is 1. The molecule has 2 rings (SSSR count). The van der Waals surface area contributed by atoms with Crippen LogP contribution >= 0.6 is 0 Å². The number of halogens is 4. The number of alkyl halides is 3. The highest BCUT2D eigenvalue weighted by molar-refractivity contribution is 5.83. The first kappa shape index (κ1) is 18.7. The molecule has 8 heteroatoms. The lowest BCUT2D eigenvalue weighted by Gasteiger charge is -2.25. The molecule has 24 heavy (non-hydrogen) atoms. The summed E-state index contributed by atoms with van der Waals surface area (Å²) in [6.45, 7) is 2.94. The van der Waals surface area contributed by atoms with Gasteiger partial charge in [-0.3, -0.25) is 4.79 Å². The van der Waals surface area contributed by atoms with E-state index >= 15 is 0 Å². The largest absolute Gasteiger partial charge is 0.573 e. The zero-order chi connectivity index (χ0) is 17.7. The average molecular weight is 349 g/mol. The minimum absolute atomic E-state index is 0.196. The molecule has 1 heterocycles. The maximum atomic E-state index is 13.8. The van der Waals surface area contributed by atoms with Gasteiger partial charge in [-0.1, -0.05) is 6.07 Å². The first-order chi connectivity index (χ1) is 11.3. The molecule has 4 nitrogen and oxygen atoms in total. The first-order valence-corrected chi connectivity index (χ1v) is 7.63. The van der Waals surface area contributed by atoms with Gasteiger partial charge in [-0.05, 0) is 37.5 Å². The van der Waals surface area contributed by atoms with Crippen molar-refractivity contribution >= 4 is 5.78 Å². The van der Waals surface area contributed by atoms with Crippen LogP contribution in [0.15, 0.2) is 18.2 Å². The lowest BCUT2D eigenvalue weighted by Crippen LogP contribution is -2.38. The van der Waals surface area contributed by atoms with Crippen molar-refractivity contribution in [1.29, 1.82) is 0 Å². The fraction of sp³-hybridized carbons (Fsp3) is 0.562. The van der Waals surface area contributed by atoms with Crippen molar-refractivity contribution in [1.82, 2.24) is 5.32 Å². The van der Waals surface area contributed by atoms with Gasteiger partial charge < -0.3 is 14.8 Å². The normalized spacial score (nSPS) is 17.5. The molecule has 1 aromatic rings. The van der Waals surface area contributed by atoms with Gasteiger partial charge in [0.2, 0.25) is 0 Å². The Morgan fingerprint density at radius 2 is 2.04 bits per heavy atom. The topological polar surface area (TPSA) is 47.6 Å². The van der Waals surface area contributed by atoms with Crippen LogP contribution in [-0.2, 0) is 9.53 Å². The molecule has 0 aromatic heterocycles. The van der Waals surface area contributed by atoms with E-state index in [9.17, 15) is 22.4 Å². The van der Waals surface area contributed by atoms with Crippen LogP contribution in [-0.4, -0.2) is 37.9 Å². The maximum absolute atomic E-state index is 13.8. The van der Waals surface area contributed by atoms with Gasteiger partial charge >= 0.3 is 6.36 Å². The third-order valence-electron chi connectivity index (χ3n) is 3.91. The summed E-state index contributed by atoms with van der Waals surface area (Å²) in [5, 5.41) is 3.24. The third kappa shape index (κ3) is 5.45. The zero-order valence-corrected chi connectivity index (χ0v) is 13.2. The van der Waals surface area contributed by atoms with Crippen LogP contribution in [0, 0.1) is 5.82 Å². The van der Waals surface area contributed by atoms with Crippen molar-refractivity contribution in [3.8, 4) is 5.75 Å². The zero-order valence-electron chi connectivity index (χ0n) is 13.2. The van der Waals surface area contributed by atoms with Gasteiger partial charge in [-0.15, -0.1) is 13.2 Å². The molecule has 1 atom stereocenters. The highest BCUT2D eigenvalue weighted by Crippen LogP contribution is 2.28. The summed E-state index contributed by atoms with van der Waals surface area (Å²) in [5.41, 5.74) is 0.314. The van der Waals surface area contributed by atoms with Crippen LogP contribution in [0.25, 0.3) is 0 Å². The number of hydrogen-bond acceptors (Lipinski definition) is 4. The quantitative estimate of drug-likeness (QED) is 0.802. The van der Waals surface area contributed by atoms with E-state index in [0.29, 0.717) is 25.3 Å². The summed E-state index contributed by atoms with van der Waals surface area (Å²) in [5.74, 6) is -2.89. The Labute approximate surface area is 137 Å². The lowest BCUT2D eigenvalue weighted by atomic mass is 9.94. The van der Waals surface area contributed by atoms with Crippen molar-refractivity contribution in [2.24, 2.45) is 0 Å². The van der Waals surface area contributed by atoms with E-state index < -0.39 is 23.8 Å². The Morgan fingerprint density at radius 3 is 2.58 bits per heavy atom. The summed E-state index contributed by atoms with van der Waals surface area (Å²) in [6.07, 6.45) is -3.33. The minimum atomic E-state index is -4.97. The molecule has 0 aliphatic carbocycles. The van der Waals surface area contributed by atoms with Crippen molar-refractivity contribution < 1.29 is 31.8 Å². The molecule has 134 valence electrons. The molecule has 1 saturated heterocycles. The Kier molecular flexibility index (Phi) is 6.17. The summed E-state index contributed by atoms with van der Waals surface area (Å²) < 4.78 is 59.2. The molecular formula is C16H19F4NO3. The molecular weight excluding hydrogens is 330 g/mol. The third-order valence-corrected chi connectivity index (χ3v) is 3.91. The highest BCUT2D eigenvalue weighted by atomic mass is 19.4. The fourth-order valence-electron chi connectivity index (χ4n) is 2.62. The average Bonchev–Trinajstić information content (AvgIpc) is 2.49. The Balaban J connectivity index is 2.07. The van der Waals surface area contributed by atoms with E-state index in [2.05, 4.69) is 10.1 Å². The monoisotopic (exact) mass is 349 g/mol. The second-order valence-corrected chi connectivity index (χ2v) is 5.70. The van der Waals surface area contributed by atoms with E-state index in [4.69, 9.17) is 4.74 Å². The van der Waals surface area contributed by atoms with E-state index in [-0.39, 0.29) is 11.8 Å². The van der Waals surface area contributed by atoms with Crippen molar-refractivity contribution in [2.45, 2.75) is 38.1 Å². The van der Waals surface area contributed by atoms with Gasteiger partial charge in [0, 0.05) is 25.8 Å². The first-order valence-electron chi connectivity index (χ1n) is 7.63. The number of Topliss-reactive ketones (excluding diaryl/α,β-unsaturated/α-hetero) is 1. The van der Waals surface area contributed by atoms with E-state index in [1.165, 1.54) is 13.0 Å². The molecule has 1 aromatic carbocycles. The standard InChI is InChI=1S/C16H19F4NO3/c1-10(22)13(9-21-12-4-6-23-7-5-12)11-2-3-15(14(17)8-11)24-16(18,19)20/h2-3,8,12-13,21H,4-7,9H2,1H3. The Hall–Kier alpha value is -1.67. The number of benzene rings is 1. The van der Waals surface area contributed by atoms with Gasteiger partial charge in [0.15, 0.2) is 11.6 Å². The molecule has 0 spiro atoms. The summed E-state index contributed by atoms with van der Waals surface area (Å²) in [7, 11) is 0. The van der Waals surface area contributed by atoms with Crippen LogP contribution in [0.5, 0.6) is 5.75 Å². The fourth-order valence-corrected chi connectivity index (χ4v) is 2.62. The van der Waals surface area contributed by atoms with E-state index in [1.807, 2.05) is 0 Å². The summed E-state index contributed by atoms with van der Waals surface area (Å²) >= 11 is 0. The Morgan fingerprint density at radius 1 is 1.38 bits per heavy atom. The van der Waals surface area contributed by atoms with Gasteiger partial charge in [0.05, 0.1) is 5.92 Å². The van der Waals surface area contributed by atoms with Gasteiger partial charge in [0.1, 0.15) is 5.78 Å². The SMILES string of the molecule is CC(=O)C(CNC1CCOCC1)c1ccc(OC(F)(F)F)c(F)c1. The molecule has 1 aliphatic rings. The van der Waals surface area contributed by atoms with Crippen molar-refractivity contribution in [3.63, 3.8) is 0 Å². The number of nitrogens with one attached hydrogen (secondary N) is 1. The van der Waals surface area contributed by atoms with Crippen LogP contribution in [0.1, 0.15) is 31.2 Å². The maximum Gasteiger partial charge on any atom is 0.573 e. The highest BCUT2D eigenvalue weighted by Gasteiger charge is 2.32. The number of rotatable bonds is 6. The number of ether oxygens (including phenoxy) is 2. The van der Waals surface area contributed by atoms with Gasteiger partial charge in [-0.25, -0.2) is 4.39 Å². The van der Waals surface area contributed by atoms with Crippen LogP contribution in [0.3, 0.4) is 0 Å². The van der Waals surface area contributed by atoms with Crippen molar-refractivity contribution in [2.75, 3.05) is 19.8 Å². The molecule has 1 unspecified atom stereocenters. The molecule has 1 N–H and O–H groups in total. The van der Waals surface area contributed by atoms with Crippen LogP contribution < -0.4 is 10.1 Å². The number of ketones is 1. The van der Waals surface area contributed by atoms with E-state index in [1.54, 1.807) is 0 Å². The number of hydrogen-bond donors (Lipinski definition) is 1. The lowest BCUT2D eigenvalue weighted by molar-refractivity contribution is -0.275. The van der Waals surface area contributed by atoms with Gasteiger partial charge in [0.25, 0.3) is 0 Å². The van der Waals surface area contributed by atoms with Gasteiger partial charge in [-0.2, -0.15) is 0 Å². The second kappa shape index (κ2) is 7.94. The summed E-state index contributed by atoms with van der Waals surface area (Å²) in [4.78, 5) is 11.8. The smallest absolute Gasteiger partial charge is 0.403 e. The molecule has 0 saturated carbocycles. The molecule has 1 fully saturated rings. The predicted octanol–water partition coefficient (Wildman–Crippen LogP) is 3.17. The molecule has 0 bridgehead atoms. The second-order valence-electron chi connectivity index (χ2n) is 5.70. The van der Waals surface area contributed by atoms with Crippen molar-refractivity contribution in [3.05, 3.63) is 29.6 Å². The van der Waals surface area contributed by atoms with Crippen LogP contribution in [0.2, 0.25) is 0 Å². The van der Waals surface area contributed by atoms with Crippen LogP contribution in [0.4, 0.5) is 17.6 Å². The predicted molar refractivity (Wildman–Crippen MR) is 78.3 cm³/mol. The minimum Gasteiger partial charge on any atom is -0.403 e. The Bertz CT molecular complexity index is 571.